The van der Waals surface area contributed by atoms with Crippen LogP contribution < -0.4 is 4.74 Å². The molecule has 0 atom stereocenters. The molecule has 0 fully saturated rings. The van der Waals surface area contributed by atoms with Crippen LogP contribution in [0.4, 0.5) is 0 Å². The van der Waals surface area contributed by atoms with Crippen LogP contribution in [0.1, 0.15) is 17.5 Å². The molecular weight excluding hydrogens is 292 g/mol. The molecule has 0 radical (unpaired) electrons. The monoisotopic (exact) mass is 308 g/mol. The van der Waals surface area contributed by atoms with E-state index in [1.165, 1.54) is 0 Å². The van der Waals surface area contributed by atoms with Crippen molar-refractivity contribution in [1.82, 2.24) is 0 Å². The minimum atomic E-state index is -3.78. The summed E-state index contributed by atoms with van der Waals surface area (Å²) in [6.45, 7) is 4.14. The number of thioether (sulfide) groups is 1. The van der Waals surface area contributed by atoms with Gasteiger partial charge in [-0.25, -0.2) is 8.42 Å². The third kappa shape index (κ3) is 4.37. The van der Waals surface area contributed by atoms with Gasteiger partial charge in [0.2, 0.25) is 0 Å². The van der Waals surface area contributed by atoms with Crippen molar-refractivity contribution in [2.24, 2.45) is 0 Å². The predicted octanol–water partition coefficient (Wildman–Crippen LogP) is 3.36. The molecule has 0 unspecified atom stereocenters. The maximum atomic E-state index is 11.5. The molecular formula is C12H17ClO3S2. The molecule has 0 spiro atoms. The fourth-order valence-electron chi connectivity index (χ4n) is 1.66. The summed E-state index contributed by atoms with van der Waals surface area (Å²) in [5.41, 5.74) is 1.64. The molecule has 0 N–H and O–H groups in total. The lowest BCUT2D eigenvalue weighted by molar-refractivity contribution is 0.308. The first-order valence-electron chi connectivity index (χ1n) is 5.54. The van der Waals surface area contributed by atoms with Crippen LogP contribution in [-0.2, 0) is 9.05 Å². The average Bonchev–Trinajstić information content (AvgIpc) is 2.24. The molecule has 3 nitrogen and oxygen atoms in total. The Hall–Kier alpha value is -0.390. The first-order valence-corrected chi connectivity index (χ1v) is 9.24. The van der Waals surface area contributed by atoms with Gasteiger partial charge in [-0.15, -0.1) is 0 Å². The first kappa shape index (κ1) is 15.7. The SMILES string of the molecule is CSCCCOc1c(C)cc(C)cc1S(=O)(=O)Cl. The van der Waals surface area contributed by atoms with Crippen molar-refractivity contribution in [3.63, 3.8) is 0 Å². The molecule has 0 aliphatic carbocycles. The zero-order valence-electron chi connectivity index (χ0n) is 10.7. The van der Waals surface area contributed by atoms with Gasteiger partial charge in [-0.1, -0.05) is 6.07 Å². The number of hydrogen-bond acceptors (Lipinski definition) is 4. The molecule has 0 aliphatic heterocycles. The standard InChI is InChI=1S/C12H17ClO3S2/c1-9-7-10(2)12(16-5-4-6-17-3)11(8-9)18(13,14)15/h7-8H,4-6H2,1-3H3. The fraction of sp³-hybridized carbons (Fsp3) is 0.500. The molecule has 0 amide bonds. The Morgan fingerprint density at radius 1 is 1.33 bits per heavy atom. The Bertz CT molecular complexity index is 512. The van der Waals surface area contributed by atoms with Gasteiger partial charge in [-0.3, -0.25) is 0 Å². The number of rotatable bonds is 6. The summed E-state index contributed by atoms with van der Waals surface area (Å²) < 4.78 is 28.6. The van der Waals surface area contributed by atoms with E-state index in [0.717, 1.165) is 23.3 Å². The average molecular weight is 309 g/mol. The van der Waals surface area contributed by atoms with Crippen LogP contribution in [0.5, 0.6) is 5.75 Å². The predicted molar refractivity (Wildman–Crippen MR) is 77.4 cm³/mol. The van der Waals surface area contributed by atoms with Gasteiger partial charge in [-0.05, 0) is 49.5 Å². The molecule has 18 heavy (non-hydrogen) atoms. The number of ether oxygens (including phenoxy) is 1. The second kappa shape index (κ2) is 6.68. The van der Waals surface area contributed by atoms with E-state index in [4.69, 9.17) is 15.4 Å². The van der Waals surface area contributed by atoms with Crippen LogP contribution in [0.25, 0.3) is 0 Å². The molecule has 1 rings (SSSR count). The molecule has 6 heteroatoms. The maximum Gasteiger partial charge on any atom is 0.265 e. The summed E-state index contributed by atoms with van der Waals surface area (Å²) >= 11 is 1.73. The van der Waals surface area contributed by atoms with Gasteiger partial charge in [0.1, 0.15) is 10.6 Å². The summed E-state index contributed by atoms with van der Waals surface area (Å²) in [6.07, 6.45) is 2.89. The molecule has 102 valence electrons. The van der Waals surface area contributed by atoms with E-state index in [1.54, 1.807) is 17.8 Å². The summed E-state index contributed by atoms with van der Waals surface area (Å²) in [7, 11) is 1.66. The lowest BCUT2D eigenvalue weighted by Crippen LogP contribution is -2.05. The zero-order chi connectivity index (χ0) is 13.8. The van der Waals surface area contributed by atoms with E-state index >= 15 is 0 Å². The van der Waals surface area contributed by atoms with E-state index in [9.17, 15) is 8.42 Å². The van der Waals surface area contributed by atoms with E-state index < -0.39 is 9.05 Å². The minimum Gasteiger partial charge on any atom is -0.492 e. The second-order valence-electron chi connectivity index (χ2n) is 4.04. The summed E-state index contributed by atoms with van der Waals surface area (Å²) in [5, 5.41) is 0. The second-order valence-corrected chi connectivity index (χ2v) is 7.56. The van der Waals surface area contributed by atoms with Crippen molar-refractivity contribution in [2.75, 3.05) is 18.6 Å². The Morgan fingerprint density at radius 3 is 2.56 bits per heavy atom. The molecule has 1 aromatic carbocycles. The van der Waals surface area contributed by atoms with E-state index in [-0.39, 0.29) is 4.90 Å². The van der Waals surface area contributed by atoms with E-state index in [1.807, 2.05) is 26.2 Å². The van der Waals surface area contributed by atoms with Crippen LogP contribution in [0.2, 0.25) is 0 Å². The van der Waals surface area contributed by atoms with Crippen LogP contribution in [0.3, 0.4) is 0 Å². The normalized spacial score (nSPS) is 11.6. The quantitative estimate of drug-likeness (QED) is 0.597. The third-order valence-electron chi connectivity index (χ3n) is 2.39. The van der Waals surface area contributed by atoms with Gasteiger partial charge >= 0.3 is 0 Å². The van der Waals surface area contributed by atoms with E-state index in [2.05, 4.69) is 0 Å². The van der Waals surface area contributed by atoms with Gasteiger partial charge in [0.15, 0.2) is 0 Å². The van der Waals surface area contributed by atoms with E-state index in [0.29, 0.717) is 12.4 Å². The highest BCUT2D eigenvalue weighted by Crippen LogP contribution is 2.31. The van der Waals surface area contributed by atoms with Crippen molar-refractivity contribution in [2.45, 2.75) is 25.2 Å². The van der Waals surface area contributed by atoms with Gasteiger partial charge in [0.25, 0.3) is 9.05 Å². The maximum absolute atomic E-state index is 11.5. The Labute approximate surface area is 117 Å². The van der Waals surface area contributed by atoms with Crippen LogP contribution in [-0.4, -0.2) is 27.0 Å². The van der Waals surface area contributed by atoms with Gasteiger partial charge < -0.3 is 4.74 Å². The van der Waals surface area contributed by atoms with Gasteiger partial charge in [-0.2, -0.15) is 11.8 Å². The number of aryl methyl sites for hydroxylation is 2. The largest absolute Gasteiger partial charge is 0.492 e. The number of hydrogen-bond donors (Lipinski definition) is 0. The lowest BCUT2D eigenvalue weighted by atomic mass is 10.1. The van der Waals surface area contributed by atoms with Gasteiger partial charge in [0, 0.05) is 10.7 Å². The summed E-state index contributed by atoms with van der Waals surface area (Å²) in [4.78, 5) is 0.0609. The Balaban J connectivity index is 3.02. The highest BCUT2D eigenvalue weighted by molar-refractivity contribution is 8.13. The molecule has 1 aromatic rings. The topological polar surface area (TPSA) is 43.4 Å². The molecule has 0 aromatic heterocycles. The molecule has 0 saturated carbocycles. The molecule has 0 aliphatic rings. The molecule has 0 heterocycles. The Kier molecular flexibility index (Phi) is 5.82. The minimum absolute atomic E-state index is 0.0609. The van der Waals surface area contributed by atoms with Crippen LogP contribution in [0, 0.1) is 13.8 Å². The number of halogens is 1. The van der Waals surface area contributed by atoms with Crippen LogP contribution >= 0.6 is 22.4 Å². The first-order chi connectivity index (χ1) is 8.36. The number of benzene rings is 1. The summed E-state index contributed by atoms with van der Waals surface area (Å²) in [6, 6.07) is 3.43. The van der Waals surface area contributed by atoms with Crippen molar-refractivity contribution < 1.29 is 13.2 Å². The lowest BCUT2D eigenvalue weighted by Gasteiger charge is -2.13. The van der Waals surface area contributed by atoms with Crippen molar-refractivity contribution in [3.05, 3.63) is 23.3 Å². The smallest absolute Gasteiger partial charge is 0.265 e. The van der Waals surface area contributed by atoms with Crippen molar-refractivity contribution >= 4 is 31.5 Å². The molecule has 0 bridgehead atoms. The highest BCUT2D eigenvalue weighted by atomic mass is 35.7. The van der Waals surface area contributed by atoms with Crippen molar-refractivity contribution in [3.8, 4) is 5.75 Å². The van der Waals surface area contributed by atoms with Crippen LogP contribution in [0.15, 0.2) is 17.0 Å². The fourth-order valence-corrected chi connectivity index (χ4v) is 3.18. The van der Waals surface area contributed by atoms with Crippen molar-refractivity contribution in [1.29, 1.82) is 0 Å². The zero-order valence-corrected chi connectivity index (χ0v) is 13.1. The molecule has 0 saturated heterocycles. The Morgan fingerprint density at radius 2 is 2.00 bits per heavy atom. The highest BCUT2D eigenvalue weighted by Gasteiger charge is 2.19. The van der Waals surface area contributed by atoms with Gasteiger partial charge in [0.05, 0.1) is 6.61 Å². The third-order valence-corrected chi connectivity index (χ3v) is 4.41. The summed E-state index contributed by atoms with van der Waals surface area (Å²) in [5.74, 6) is 1.35.